The number of nitrogens with one attached hydrogen (secondary N) is 1. The van der Waals surface area contributed by atoms with E-state index in [0.29, 0.717) is 23.9 Å². The molecule has 2 aromatic heterocycles. The Labute approximate surface area is 141 Å². The van der Waals surface area contributed by atoms with E-state index in [4.69, 9.17) is 4.74 Å². The molecule has 1 aromatic carbocycles. The summed E-state index contributed by atoms with van der Waals surface area (Å²) in [5.41, 5.74) is 2.74. The maximum Gasteiger partial charge on any atom is 0.274 e. The Balaban J connectivity index is 1.75. The summed E-state index contributed by atoms with van der Waals surface area (Å²) in [6.07, 6.45) is 1.84. The predicted molar refractivity (Wildman–Crippen MR) is 94.7 cm³/mol. The van der Waals surface area contributed by atoms with Crippen molar-refractivity contribution in [1.29, 1.82) is 0 Å². The number of carbonyl (C=O) groups excluding carboxylic acids is 1. The number of imidazole rings is 1. The van der Waals surface area contributed by atoms with E-state index >= 15 is 0 Å². The molecule has 1 N–H and O–H groups in total. The van der Waals surface area contributed by atoms with Crippen LogP contribution in [-0.2, 0) is 0 Å². The Bertz CT molecular complexity index is 851. The second-order valence-electron chi connectivity index (χ2n) is 6.16. The number of pyridine rings is 1. The predicted octanol–water partition coefficient (Wildman–Crippen LogP) is 3.93. The van der Waals surface area contributed by atoms with E-state index in [1.54, 1.807) is 4.40 Å². The number of ether oxygens (including phenoxy) is 1. The van der Waals surface area contributed by atoms with E-state index in [-0.39, 0.29) is 5.91 Å². The minimum atomic E-state index is -0.179. The molecule has 0 aliphatic heterocycles. The zero-order chi connectivity index (χ0) is 17.1. The van der Waals surface area contributed by atoms with Crippen LogP contribution in [0.5, 0.6) is 5.75 Å². The number of aromatic nitrogens is 2. The van der Waals surface area contributed by atoms with Gasteiger partial charge in [-0.25, -0.2) is 4.98 Å². The third-order valence-electron chi connectivity index (χ3n) is 3.61. The van der Waals surface area contributed by atoms with Crippen LogP contribution in [0.15, 0.2) is 48.7 Å². The van der Waals surface area contributed by atoms with Gasteiger partial charge in [0.05, 0.1) is 12.3 Å². The molecule has 0 atom stereocenters. The van der Waals surface area contributed by atoms with Crippen LogP contribution in [0.3, 0.4) is 0 Å². The van der Waals surface area contributed by atoms with Gasteiger partial charge in [0.2, 0.25) is 0 Å². The molecule has 0 fully saturated rings. The Morgan fingerprint density at radius 1 is 1.21 bits per heavy atom. The highest BCUT2D eigenvalue weighted by atomic mass is 16.5. The summed E-state index contributed by atoms with van der Waals surface area (Å²) >= 11 is 0. The Morgan fingerprint density at radius 2 is 1.96 bits per heavy atom. The van der Waals surface area contributed by atoms with Gasteiger partial charge in [0.25, 0.3) is 5.91 Å². The van der Waals surface area contributed by atoms with Gasteiger partial charge >= 0.3 is 0 Å². The van der Waals surface area contributed by atoms with Gasteiger partial charge in [0.1, 0.15) is 17.1 Å². The summed E-state index contributed by atoms with van der Waals surface area (Å²) in [7, 11) is 0. The maximum absolute atomic E-state index is 12.6. The fourth-order valence-corrected chi connectivity index (χ4v) is 2.47. The number of hydrogen-bond donors (Lipinski definition) is 1. The highest BCUT2D eigenvalue weighted by Gasteiger charge is 2.16. The number of nitrogens with zero attached hydrogens (tertiary/aromatic N) is 2. The number of fused-ring (bicyclic) bond motifs is 1. The van der Waals surface area contributed by atoms with Crippen molar-refractivity contribution in [3.63, 3.8) is 0 Å². The van der Waals surface area contributed by atoms with Crippen molar-refractivity contribution in [2.24, 2.45) is 5.92 Å². The van der Waals surface area contributed by atoms with Crippen LogP contribution in [0.1, 0.15) is 30.0 Å². The minimum Gasteiger partial charge on any atom is -0.493 e. The van der Waals surface area contributed by atoms with Crippen molar-refractivity contribution in [2.45, 2.75) is 20.8 Å². The molecule has 3 aromatic rings. The van der Waals surface area contributed by atoms with Crippen molar-refractivity contribution in [2.75, 3.05) is 11.9 Å². The number of anilines is 1. The fraction of sp³-hybridized carbons (Fsp3) is 0.263. The molecule has 3 rings (SSSR count). The topological polar surface area (TPSA) is 55.6 Å². The van der Waals surface area contributed by atoms with Gasteiger partial charge in [-0.2, -0.15) is 0 Å². The lowest BCUT2D eigenvalue weighted by Crippen LogP contribution is -2.15. The van der Waals surface area contributed by atoms with Crippen LogP contribution in [0.4, 0.5) is 5.69 Å². The monoisotopic (exact) mass is 323 g/mol. The molecule has 5 heteroatoms. The molecule has 0 radical (unpaired) electrons. The third kappa shape index (κ3) is 3.40. The summed E-state index contributed by atoms with van der Waals surface area (Å²) in [6.45, 7) is 6.72. The summed E-state index contributed by atoms with van der Waals surface area (Å²) in [5.74, 6) is 1.09. The number of aryl methyl sites for hydroxylation is 1. The van der Waals surface area contributed by atoms with Crippen molar-refractivity contribution >= 4 is 17.2 Å². The van der Waals surface area contributed by atoms with Crippen LogP contribution < -0.4 is 10.1 Å². The van der Waals surface area contributed by atoms with Crippen LogP contribution in [0.2, 0.25) is 0 Å². The van der Waals surface area contributed by atoms with Crippen molar-refractivity contribution < 1.29 is 9.53 Å². The highest BCUT2D eigenvalue weighted by Crippen LogP contribution is 2.18. The highest BCUT2D eigenvalue weighted by molar-refractivity contribution is 6.04. The lowest BCUT2D eigenvalue weighted by molar-refractivity contribution is 0.102. The molecule has 0 unspecified atom stereocenters. The summed E-state index contributed by atoms with van der Waals surface area (Å²) in [6, 6.07) is 13.1. The second kappa shape index (κ2) is 6.74. The van der Waals surface area contributed by atoms with Gasteiger partial charge in [-0.05, 0) is 49.2 Å². The average Bonchev–Trinajstić information content (AvgIpc) is 2.90. The molecule has 0 aliphatic rings. The first kappa shape index (κ1) is 16.1. The number of amides is 1. The molecule has 0 spiro atoms. The normalized spacial score (nSPS) is 11.0. The molecule has 0 aliphatic carbocycles. The van der Waals surface area contributed by atoms with E-state index < -0.39 is 0 Å². The molecule has 5 nitrogen and oxygen atoms in total. The van der Waals surface area contributed by atoms with E-state index in [2.05, 4.69) is 24.1 Å². The molecule has 24 heavy (non-hydrogen) atoms. The molecule has 124 valence electrons. The molecule has 0 saturated heterocycles. The van der Waals surface area contributed by atoms with Gasteiger partial charge < -0.3 is 10.1 Å². The summed E-state index contributed by atoms with van der Waals surface area (Å²) < 4.78 is 7.45. The van der Waals surface area contributed by atoms with Crippen molar-refractivity contribution in [3.8, 4) is 5.75 Å². The molecule has 1 amide bonds. The standard InChI is InChI=1S/C19H21N3O2/c1-13(2)12-24-16-9-7-15(8-10-16)21-19(23)18-14(3)20-17-6-4-5-11-22(17)18/h4-11,13H,12H2,1-3H3,(H,21,23). The van der Waals surface area contributed by atoms with Gasteiger partial charge in [-0.1, -0.05) is 19.9 Å². The Hall–Kier alpha value is -2.82. The number of hydrogen-bond acceptors (Lipinski definition) is 3. The summed E-state index contributed by atoms with van der Waals surface area (Å²) in [5, 5.41) is 2.91. The SMILES string of the molecule is Cc1nc2ccccn2c1C(=O)Nc1ccc(OCC(C)C)cc1. The van der Waals surface area contributed by atoms with Crippen LogP contribution in [0.25, 0.3) is 5.65 Å². The van der Waals surface area contributed by atoms with E-state index in [1.807, 2.05) is 55.6 Å². The van der Waals surface area contributed by atoms with Gasteiger partial charge in [0.15, 0.2) is 0 Å². The van der Waals surface area contributed by atoms with Crippen LogP contribution in [0, 0.1) is 12.8 Å². The first-order chi connectivity index (χ1) is 11.5. The van der Waals surface area contributed by atoms with Crippen molar-refractivity contribution in [3.05, 3.63) is 60.0 Å². The van der Waals surface area contributed by atoms with Crippen LogP contribution in [-0.4, -0.2) is 21.9 Å². The second-order valence-corrected chi connectivity index (χ2v) is 6.16. The molecule has 2 heterocycles. The molecule has 0 bridgehead atoms. The number of benzene rings is 1. The number of rotatable bonds is 5. The first-order valence-corrected chi connectivity index (χ1v) is 8.02. The minimum absolute atomic E-state index is 0.179. The quantitative estimate of drug-likeness (QED) is 0.774. The number of carbonyl (C=O) groups is 1. The third-order valence-corrected chi connectivity index (χ3v) is 3.61. The first-order valence-electron chi connectivity index (χ1n) is 8.02. The van der Waals surface area contributed by atoms with Crippen LogP contribution >= 0.6 is 0 Å². The maximum atomic E-state index is 12.6. The van der Waals surface area contributed by atoms with Gasteiger partial charge in [0, 0.05) is 11.9 Å². The van der Waals surface area contributed by atoms with Gasteiger partial charge in [-0.3, -0.25) is 9.20 Å². The molecule has 0 saturated carbocycles. The zero-order valence-corrected chi connectivity index (χ0v) is 14.1. The average molecular weight is 323 g/mol. The summed E-state index contributed by atoms with van der Waals surface area (Å²) in [4.78, 5) is 17.0. The largest absolute Gasteiger partial charge is 0.493 e. The molecular weight excluding hydrogens is 302 g/mol. The Morgan fingerprint density at radius 3 is 2.67 bits per heavy atom. The smallest absolute Gasteiger partial charge is 0.274 e. The van der Waals surface area contributed by atoms with Gasteiger partial charge in [-0.15, -0.1) is 0 Å². The lowest BCUT2D eigenvalue weighted by atomic mass is 10.2. The zero-order valence-electron chi connectivity index (χ0n) is 14.1. The van der Waals surface area contributed by atoms with E-state index in [9.17, 15) is 4.79 Å². The molecular formula is C19H21N3O2. The fourth-order valence-electron chi connectivity index (χ4n) is 2.47. The van der Waals surface area contributed by atoms with E-state index in [0.717, 1.165) is 17.1 Å². The van der Waals surface area contributed by atoms with Crippen molar-refractivity contribution in [1.82, 2.24) is 9.38 Å². The Kier molecular flexibility index (Phi) is 4.51. The van der Waals surface area contributed by atoms with E-state index in [1.165, 1.54) is 0 Å². The lowest BCUT2D eigenvalue weighted by Gasteiger charge is -2.10.